The molecule has 2 amide bonds. The quantitative estimate of drug-likeness (QED) is 0.834. The lowest BCUT2D eigenvalue weighted by molar-refractivity contribution is -0.122. The highest BCUT2D eigenvalue weighted by atomic mass is 32.2. The van der Waals surface area contributed by atoms with E-state index in [1.807, 2.05) is 54.8 Å². The van der Waals surface area contributed by atoms with Gasteiger partial charge in [-0.2, -0.15) is 0 Å². The van der Waals surface area contributed by atoms with Crippen LogP contribution in [0.25, 0.3) is 0 Å². The van der Waals surface area contributed by atoms with E-state index in [9.17, 15) is 9.59 Å². The summed E-state index contributed by atoms with van der Waals surface area (Å²) in [5.74, 6) is 0.219. The lowest BCUT2D eigenvalue weighted by Crippen LogP contribution is -2.28. The fourth-order valence-electron chi connectivity index (χ4n) is 2.84. The zero-order chi connectivity index (χ0) is 17.8. The van der Waals surface area contributed by atoms with E-state index >= 15 is 0 Å². The lowest BCUT2D eigenvalue weighted by Gasteiger charge is -2.17. The predicted molar refractivity (Wildman–Crippen MR) is 100 cm³/mol. The van der Waals surface area contributed by atoms with Crippen LogP contribution in [0.1, 0.15) is 6.42 Å². The van der Waals surface area contributed by atoms with Gasteiger partial charge in [0.2, 0.25) is 11.8 Å². The van der Waals surface area contributed by atoms with E-state index in [2.05, 4.69) is 5.32 Å². The molecule has 6 heteroatoms. The molecule has 0 unspecified atom stereocenters. The van der Waals surface area contributed by atoms with Crippen LogP contribution in [0.15, 0.2) is 53.4 Å². The smallest absolute Gasteiger partial charge is 0.229 e. The molecule has 3 rings (SSSR count). The molecule has 1 atom stereocenters. The van der Waals surface area contributed by atoms with E-state index < -0.39 is 0 Å². The van der Waals surface area contributed by atoms with Crippen LogP contribution < -0.4 is 15.0 Å². The van der Waals surface area contributed by atoms with Crippen molar-refractivity contribution < 1.29 is 14.3 Å². The summed E-state index contributed by atoms with van der Waals surface area (Å²) in [5.41, 5.74) is 1.54. The van der Waals surface area contributed by atoms with E-state index in [0.29, 0.717) is 6.54 Å². The Morgan fingerprint density at radius 1 is 1.24 bits per heavy atom. The standard InChI is InChI=1S/C19H20N2O3S/c1-24-16-8-6-15(7-9-16)21-12-13(10-18(21)22)19(23)20-14-4-3-5-17(11-14)25-2/h3-9,11,13H,10,12H2,1-2H3,(H,20,23)/t13-/m1/s1. The van der Waals surface area contributed by atoms with Crippen molar-refractivity contribution in [3.63, 3.8) is 0 Å². The maximum Gasteiger partial charge on any atom is 0.229 e. The number of rotatable bonds is 5. The number of nitrogens with one attached hydrogen (secondary N) is 1. The average Bonchev–Trinajstić information content (AvgIpc) is 3.04. The molecule has 0 saturated carbocycles. The van der Waals surface area contributed by atoms with Gasteiger partial charge in [-0.1, -0.05) is 6.07 Å². The van der Waals surface area contributed by atoms with Gasteiger partial charge in [0.05, 0.1) is 13.0 Å². The van der Waals surface area contributed by atoms with Gasteiger partial charge in [-0.25, -0.2) is 0 Å². The largest absolute Gasteiger partial charge is 0.497 e. The molecule has 2 aromatic rings. The maximum atomic E-state index is 12.5. The van der Waals surface area contributed by atoms with Crippen LogP contribution >= 0.6 is 11.8 Å². The second-order valence-corrected chi connectivity index (χ2v) is 6.70. The molecule has 0 bridgehead atoms. The first-order chi connectivity index (χ1) is 12.1. The summed E-state index contributed by atoms with van der Waals surface area (Å²) >= 11 is 1.62. The average molecular weight is 356 g/mol. The zero-order valence-electron chi connectivity index (χ0n) is 14.2. The van der Waals surface area contributed by atoms with Crippen molar-refractivity contribution >= 4 is 35.0 Å². The fourth-order valence-corrected chi connectivity index (χ4v) is 3.30. The molecule has 2 aromatic carbocycles. The second-order valence-electron chi connectivity index (χ2n) is 5.82. The van der Waals surface area contributed by atoms with Crippen molar-refractivity contribution in [3.8, 4) is 5.75 Å². The second kappa shape index (κ2) is 7.61. The van der Waals surface area contributed by atoms with E-state index in [1.165, 1.54) is 0 Å². The Morgan fingerprint density at radius 3 is 2.68 bits per heavy atom. The molecule has 1 N–H and O–H groups in total. The maximum absolute atomic E-state index is 12.5. The van der Waals surface area contributed by atoms with Crippen molar-refractivity contribution in [2.75, 3.05) is 30.1 Å². The number of carbonyl (C=O) groups excluding carboxylic acids is 2. The summed E-state index contributed by atoms with van der Waals surface area (Å²) in [5, 5.41) is 2.92. The number of hydrogen-bond acceptors (Lipinski definition) is 4. The van der Waals surface area contributed by atoms with Crippen LogP contribution in [0, 0.1) is 5.92 Å². The predicted octanol–water partition coefficient (Wildman–Crippen LogP) is 3.41. The van der Waals surface area contributed by atoms with E-state index in [4.69, 9.17) is 4.74 Å². The number of anilines is 2. The minimum Gasteiger partial charge on any atom is -0.497 e. The number of thioether (sulfide) groups is 1. The van der Waals surface area contributed by atoms with Gasteiger partial charge in [-0.05, 0) is 48.7 Å². The number of ether oxygens (including phenoxy) is 1. The molecule has 1 fully saturated rings. The van der Waals surface area contributed by atoms with Gasteiger partial charge in [0.25, 0.3) is 0 Å². The SMILES string of the molecule is COc1ccc(N2C[C@H](C(=O)Nc3cccc(SC)c3)CC2=O)cc1. The summed E-state index contributed by atoms with van der Waals surface area (Å²) < 4.78 is 5.13. The van der Waals surface area contributed by atoms with E-state index in [-0.39, 0.29) is 24.2 Å². The first kappa shape index (κ1) is 17.4. The molecule has 5 nitrogen and oxygen atoms in total. The highest BCUT2D eigenvalue weighted by Crippen LogP contribution is 2.28. The topological polar surface area (TPSA) is 58.6 Å². The molecule has 1 aliphatic heterocycles. The van der Waals surface area contributed by atoms with E-state index in [1.54, 1.807) is 23.8 Å². The number of amides is 2. The van der Waals surface area contributed by atoms with Crippen LogP contribution in [0.2, 0.25) is 0 Å². The Morgan fingerprint density at radius 2 is 2.00 bits per heavy atom. The summed E-state index contributed by atoms with van der Waals surface area (Å²) in [4.78, 5) is 27.6. The number of carbonyl (C=O) groups is 2. The number of nitrogens with zero attached hydrogens (tertiary/aromatic N) is 1. The monoisotopic (exact) mass is 356 g/mol. The van der Waals surface area contributed by atoms with Crippen LogP contribution in [-0.2, 0) is 9.59 Å². The van der Waals surface area contributed by atoms with Crippen molar-refractivity contribution in [3.05, 3.63) is 48.5 Å². The fraction of sp³-hybridized carbons (Fsp3) is 0.263. The molecule has 1 heterocycles. The number of hydrogen-bond donors (Lipinski definition) is 1. The number of benzene rings is 2. The Balaban J connectivity index is 1.67. The van der Waals surface area contributed by atoms with Gasteiger partial charge in [0.15, 0.2) is 0 Å². The third-order valence-electron chi connectivity index (χ3n) is 4.22. The van der Waals surface area contributed by atoms with Crippen LogP contribution in [0.3, 0.4) is 0 Å². The molecule has 0 radical (unpaired) electrons. The first-order valence-electron chi connectivity index (χ1n) is 8.00. The Labute approximate surface area is 151 Å². The van der Waals surface area contributed by atoms with Crippen molar-refractivity contribution in [1.82, 2.24) is 0 Å². The molecular formula is C19H20N2O3S. The number of methoxy groups -OCH3 is 1. The molecule has 130 valence electrons. The van der Waals surface area contributed by atoms with Gasteiger partial charge in [-0.3, -0.25) is 9.59 Å². The molecule has 1 saturated heterocycles. The lowest BCUT2D eigenvalue weighted by atomic mass is 10.1. The summed E-state index contributed by atoms with van der Waals surface area (Å²) in [7, 11) is 1.60. The Hall–Kier alpha value is -2.47. The van der Waals surface area contributed by atoms with Gasteiger partial charge in [0.1, 0.15) is 5.75 Å². The minimum absolute atomic E-state index is 0.0387. The summed E-state index contributed by atoms with van der Waals surface area (Å²) in [6.45, 7) is 0.388. The molecule has 25 heavy (non-hydrogen) atoms. The molecule has 1 aliphatic rings. The van der Waals surface area contributed by atoms with E-state index in [0.717, 1.165) is 22.0 Å². The summed E-state index contributed by atoms with van der Waals surface area (Å²) in [6, 6.07) is 15.0. The molecule has 0 spiro atoms. The normalized spacial score (nSPS) is 16.8. The Bertz CT molecular complexity index is 776. The molecule has 0 aromatic heterocycles. The van der Waals surface area contributed by atoms with Crippen molar-refractivity contribution in [1.29, 1.82) is 0 Å². The first-order valence-corrected chi connectivity index (χ1v) is 9.22. The molecule has 0 aliphatic carbocycles. The third-order valence-corrected chi connectivity index (χ3v) is 4.94. The highest BCUT2D eigenvalue weighted by molar-refractivity contribution is 7.98. The zero-order valence-corrected chi connectivity index (χ0v) is 15.0. The van der Waals surface area contributed by atoms with Crippen molar-refractivity contribution in [2.45, 2.75) is 11.3 Å². The van der Waals surface area contributed by atoms with Gasteiger partial charge < -0.3 is 15.0 Å². The van der Waals surface area contributed by atoms with Gasteiger partial charge in [0, 0.05) is 29.2 Å². The van der Waals surface area contributed by atoms with Gasteiger partial charge in [-0.15, -0.1) is 11.8 Å². The van der Waals surface area contributed by atoms with Crippen LogP contribution in [0.4, 0.5) is 11.4 Å². The molecular weight excluding hydrogens is 336 g/mol. The summed E-state index contributed by atoms with van der Waals surface area (Å²) in [6.07, 6.45) is 2.21. The third kappa shape index (κ3) is 3.96. The highest BCUT2D eigenvalue weighted by Gasteiger charge is 2.35. The minimum atomic E-state index is -0.354. The van der Waals surface area contributed by atoms with Crippen molar-refractivity contribution in [2.24, 2.45) is 5.92 Å². The van der Waals surface area contributed by atoms with Crippen LogP contribution in [0.5, 0.6) is 5.75 Å². The van der Waals surface area contributed by atoms with Crippen LogP contribution in [-0.4, -0.2) is 31.7 Å². The van der Waals surface area contributed by atoms with Gasteiger partial charge >= 0.3 is 0 Å². The Kier molecular flexibility index (Phi) is 5.28.